The van der Waals surface area contributed by atoms with Gasteiger partial charge in [-0.3, -0.25) is 9.78 Å². The average molecular weight is 529 g/mol. The van der Waals surface area contributed by atoms with E-state index in [1.54, 1.807) is 32.2 Å². The number of nitriles is 1. The smallest absolute Gasteiger partial charge is 0.255 e. The molecule has 39 heavy (non-hydrogen) atoms. The van der Waals surface area contributed by atoms with Gasteiger partial charge in [-0.2, -0.15) is 5.26 Å². The number of aliphatic hydroxyl groups is 1. The van der Waals surface area contributed by atoms with Crippen molar-refractivity contribution in [3.8, 4) is 23.1 Å². The summed E-state index contributed by atoms with van der Waals surface area (Å²) in [5.41, 5.74) is 2.80. The maximum absolute atomic E-state index is 13.1. The van der Waals surface area contributed by atoms with Gasteiger partial charge in [0.1, 0.15) is 11.7 Å². The standard InChI is InChI=1S/C30H32N4O5/c1-19-4-5-22(34-27(35)20-6-9-32-26(13-20)29(2,3)16-31)14-24(19)21-12-25(30(36)17-38-18-30)28(33-15-21)39-23-7-10-37-11-8-23/h4-6,9,12-15,23,36H,7-8,10-11,17-18H2,1-3H3,(H,34,35). The number of hydrogen-bond donors (Lipinski definition) is 2. The van der Waals surface area contributed by atoms with Crippen LogP contribution in [0.4, 0.5) is 5.69 Å². The van der Waals surface area contributed by atoms with E-state index in [9.17, 15) is 15.2 Å². The molecule has 2 aliphatic rings. The minimum atomic E-state index is -1.17. The van der Waals surface area contributed by atoms with Gasteiger partial charge in [0.25, 0.3) is 5.91 Å². The van der Waals surface area contributed by atoms with Crippen LogP contribution in [-0.2, 0) is 20.5 Å². The predicted octanol–water partition coefficient (Wildman–Crippen LogP) is 4.28. The minimum Gasteiger partial charge on any atom is -0.474 e. The summed E-state index contributed by atoms with van der Waals surface area (Å²) in [7, 11) is 0. The lowest BCUT2D eigenvalue weighted by atomic mass is 9.90. The molecule has 2 aliphatic heterocycles. The average Bonchev–Trinajstić information content (AvgIpc) is 2.93. The fraction of sp³-hybridized carbons (Fsp3) is 0.400. The maximum atomic E-state index is 13.1. The number of carbonyl (C=O) groups excluding carboxylic acids is 1. The molecule has 4 heterocycles. The van der Waals surface area contributed by atoms with Crippen LogP contribution in [0.1, 0.15) is 53.9 Å². The lowest BCUT2D eigenvalue weighted by Crippen LogP contribution is -2.47. The summed E-state index contributed by atoms with van der Waals surface area (Å²) < 4.78 is 17.0. The first-order valence-corrected chi connectivity index (χ1v) is 13.0. The molecule has 9 nitrogen and oxygen atoms in total. The van der Waals surface area contributed by atoms with Gasteiger partial charge < -0.3 is 24.6 Å². The molecule has 0 saturated carbocycles. The molecule has 202 valence electrons. The fourth-order valence-electron chi connectivity index (χ4n) is 4.61. The number of nitrogens with zero attached hydrogens (tertiary/aromatic N) is 3. The van der Waals surface area contributed by atoms with Crippen LogP contribution >= 0.6 is 0 Å². The number of nitrogens with one attached hydrogen (secondary N) is 1. The van der Waals surface area contributed by atoms with Crippen LogP contribution in [-0.4, -0.2) is 53.5 Å². The summed E-state index contributed by atoms with van der Waals surface area (Å²) in [6, 6.07) is 13.0. The zero-order valence-corrected chi connectivity index (χ0v) is 22.4. The Morgan fingerprint density at radius 3 is 2.62 bits per heavy atom. The third kappa shape index (κ3) is 5.64. The number of benzene rings is 1. The molecule has 0 unspecified atom stereocenters. The van der Waals surface area contributed by atoms with Crippen molar-refractivity contribution in [3.63, 3.8) is 0 Å². The van der Waals surface area contributed by atoms with Gasteiger partial charge >= 0.3 is 0 Å². The predicted molar refractivity (Wildman–Crippen MR) is 144 cm³/mol. The maximum Gasteiger partial charge on any atom is 0.255 e. The first-order chi connectivity index (χ1) is 18.7. The number of hydrogen-bond acceptors (Lipinski definition) is 8. The molecular weight excluding hydrogens is 496 g/mol. The summed E-state index contributed by atoms with van der Waals surface area (Å²) in [6.45, 7) is 7.13. The second kappa shape index (κ2) is 10.7. The van der Waals surface area contributed by atoms with E-state index in [-0.39, 0.29) is 25.2 Å². The molecule has 0 bridgehead atoms. The van der Waals surface area contributed by atoms with Gasteiger partial charge in [0.15, 0.2) is 0 Å². The highest BCUT2D eigenvalue weighted by atomic mass is 16.5. The van der Waals surface area contributed by atoms with Gasteiger partial charge in [0.05, 0.1) is 49.2 Å². The highest BCUT2D eigenvalue weighted by Crippen LogP contribution is 2.39. The lowest BCUT2D eigenvalue weighted by Gasteiger charge is -2.38. The molecule has 1 amide bonds. The van der Waals surface area contributed by atoms with Crippen molar-refractivity contribution in [2.75, 3.05) is 31.7 Å². The van der Waals surface area contributed by atoms with E-state index in [0.29, 0.717) is 41.6 Å². The number of rotatable bonds is 7. The first kappa shape index (κ1) is 26.8. The highest BCUT2D eigenvalue weighted by Gasteiger charge is 2.41. The van der Waals surface area contributed by atoms with Gasteiger partial charge in [-0.25, -0.2) is 4.98 Å². The van der Waals surface area contributed by atoms with Gasteiger partial charge in [0.2, 0.25) is 5.88 Å². The van der Waals surface area contributed by atoms with Crippen LogP contribution in [0.15, 0.2) is 48.8 Å². The number of aryl methyl sites for hydroxylation is 1. The summed E-state index contributed by atoms with van der Waals surface area (Å²) in [6.07, 6.45) is 4.79. The molecule has 2 saturated heterocycles. The van der Waals surface area contributed by atoms with Gasteiger partial charge in [-0.05, 0) is 62.2 Å². The Kier molecular flexibility index (Phi) is 7.36. The third-order valence-electron chi connectivity index (χ3n) is 7.23. The zero-order chi connectivity index (χ0) is 27.6. The molecule has 0 spiro atoms. The normalized spacial score (nSPS) is 17.1. The Hall–Kier alpha value is -3.84. The molecule has 9 heteroatoms. The van der Waals surface area contributed by atoms with E-state index in [1.165, 1.54) is 6.20 Å². The Labute approximate surface area is 227 Å². The second-order valence-electron chi connectivity index (χ2n) is 10.7. The molecule has 0 aliphatic carbocycles. The van der Waals surface area contributed by atoms with Gasteiger partial charge in [-0.1, -0.05) is 6.07 Å². The van der Waals surface area contributed by atoms with Crippen molar-refractivity contribution < 1.29 is 24.1 Å². The molecular formula is C30H32N4O5. The van der Waals surface area contributed by atoms with Crippen LogP contribution in [0, 0.1) is 18.3 Å². The fourth-order valence-corrected chi connectivity index (χ4v) is 4.61. The first-order valence-electron chi connectivity index (χ1n) is 13.0. The van der Waals surface area contributed by atoms with Crippen molar-refractivity contribution in [2.24, 2.45) is 0 Å². The Morgan fingerprint density at radius 1 is 1.15 bits per heavy atom. The van der Waals surface area contributed by atoms with Crippen molar-refractivity contribution in [1.82, 2.24) is 9.97 Å². The number of ether oxygens (including phenoxy) is 3. The molecule has 2 fully saturated rings. The van der Waals surface area contributed by atoms with Crippen LogP contribution in [0.25, 0.3) is 11.1 Å². The lowest BCUT2D eigenvalue weighted by molar-refractivity contribution is -0.185. The van der Waals surface area contributed by atoms with E-state index in [0.717, 1.165) is 29.5 Å². The quantitative estimate of drug-likeness (QED) is 0.465. The number of pyridine rings is 2. The van der Waals surface area contributed by atoms with Gasteiger partial charge in [0, 0.05) is 42.0 Å². The van der Waals surface area contributed by atoms with E-state index >= 15 is 0 Å². The number of anilines is 1. The van der Waals surface area contributed by atoms with Gasteiger partial charge in [-0.15, -0.1) is 0 Å². The van der Waals surface area contributed by atoms with E-state index in [1.807, 2.05) is 31.2 Å². The second-order valence-corrected chi connectivity index (χ2v) is 10.7. The summed E-state index contributed by atoms with van der Waals surface area (Å²) in [5.74, 6) is 0.106. The molecule has 2 aromatic heterocycles. The van der Waals surface area contributed by atoms with Crippen molar-refractivity contribution >= 4 is 11.6 Å². The monoisotopic (exact) mass is 528 g/mol. The summed E-state index contributed by atoms with van der Waals surface area (Å²) in [4.78, 5) is 22.0. The van der Waals surface area contributed by atoms with E-state index in [2.05, 4.69) is 21.4 Å². The third-order valence-corrected chi connectivity index (χ3v) is 7.23. The van der Waals surface area contributed by atoms with Crippen LogP contribution < -0.4 is 10.1 Å². The zero-order valence-electron chi connectivity index (χ0n) is 22.4. The highest BCUT2D eigenvalue weighted by molar-refractivity contribution is 6.04. The van der Waals surface area contributed by atoms with Crippen LogP contribution in [0.5, 0.6) is 5.88 Å². The minimum absolute atomic E-state index is 0.0202. The molecule has 1 aromatic carbocycles. The molecule has 0 radical (unpaired) electrons. The number of amides is 1. The summed E-state index contributed by atoms with van der Waals surface area (Å²) >= 11 is 0. The van der Waals surface area contributed by atoms with Crippen molar-refractivity contribution in [1.29, 1.82) is 5.26 Å². The number of carbonyl (C=O) groups is 1. The van der Waals surface area contributed by atoms with Crippen LogP contribution in [0.3, 0.4) is 0 Å². The SMILES string of the molecule is Cc1ccc(NC(=O)c2ccnc(C(C)(C)C#N)c2)cc1-c1cnc(OC2CCOCC2)c(C2(O)COC2)c1. The van der Waals surface area contributed by atoms with Crippen molar-refractivity contribution in [3.05, 3.63) is 71.2 Å². The Morgan fingerprint density at radius 2 is 1.92 bits per heavy atom. The molecule has 2 N–H and O–H groups in total. The molecule has 5 rings (SSSR count). The molecule has 0 atom stereocenters. The van der Waals surface area contributed by atoms with Crippen molar-refractivity contribution in [2.45, 2.75) is 50.7 Å². The molecule has 3 aromatic rings. The Bertz CT molecular complexity index is 1420. The van der Waals surface area contributed by atoms with E-state index in [4.69, 9.17) is 14.2 Å². The Balaban J connectivity index is 1.42. The summed E-state index contributed by atoms with van der Waals surface area (Å²) in [5, 5.41) is 23.6. The number of aromatic nitrogens is 2. The van der Waals surface area contributed by atoms with Crippen LogP contribution in [0.2, 0.25) is 0 Å². The van der Waals surface area contributed by atoms with E-state index < -0.39 is 11.0 Å². The largest absolute Gasteiger partial charge is 0.474 e. The topological polar surface area (TPSA) is 127 Å².